The van der Waals surface area contributed by atoms with Crippen LogP contribution in [0.5, 0.6) is 11.5 Å². The highest BCUT2D eigenvalue weighted by molar-refractivity contribution is 5.81. The average molecular weight is 255 g/mol. The molecular weight excluding hydrogens is 242 g/mol. The van der Waals surface area contributed by atoms with E-state index in [9.17, 15) is 10.2 Å². The molecule has 0 saturated heterocycles. The number of aryl methyl sites for hydroxylation is 1. The molecule has 0 unspecified atom stereocenters. The van der Waals surface area contributed by atoms with Crippen LogP contribution >= 0.6 is 0 Å². The average Bonchev–Trinajstić information content (AvgIpc) is 2.76. The van der Waals surface area contributed by atoms with Crippen LogP contribution in [0.1, 0.15) is 6.92 Å². The summed E-state index contributed by atoms with van der Waals surface area (Å²) in [4.78, 5) is 8.56. The van der Waals surface area contributed by atoms with Gasteiger partial charge >= 0.3 is 0 Å². The number of hydrogen-bond donors (Lipinski definition) is 2. The van der Waals surface area contributed by atoms with Crippen molar-refractivity contribution in [1.82, 2.24) is 14.5 Å². The van der Waals surface area contributed by atoms with Crippen LogP contribution < -0.4 is 0 Å². The summed E-state index contributed by atoms with van der Waals surface area (Å²) in [5.41, 5.74) is 2.35. The number of phenolic OH excluding ortho intramolecular Hbond substituents is 2. The topological polar surface area (TPSA) is 71.2 Å². The normalized spacial score (nSPS) is 11.0. The Labute approximate surface area is 109 Å². The molecule has 0 aliphatic rings. The van der Waals surface area contributed by atoms with Crippen molar-refractivity contribution >= 4 is 11.0 Å². The Bertz CT molecular complexity index is 750. The quantitative estimate of drug-likeness (QED) is 0.738. The molecular formula is C14H13N3O2. The number of phenols is 2. The zero-order valence-corrected chi connectivity index (χ0v) is 10.4. The number of rotatable bonds is 2. The van der Waals surface area contributed by atoms with Crippen molar-refractivity contribution < 1.29 is 10.2 Å². The molecule has 0 amide bonds. The van der Waals surface area contributed by atoms with Crippen molar-refractivity contribution in [3.8, 4) is 22.9 Å². The van der Waals surface area contributed by atoms with Crippen molar-refractivity contribution in [3.05, 3.63) is 36.7 Å². The number of aromatic hydroxyl groups is 2. The van der Waals surface area contributed by atoms with E-state index in [0.717, 1.165) is 17.6 Å². The molecule has 0 saturated carbocycles. The number of hydrogen-bond acceptors (Lipinski definition) is 4. The van der Waals surface area contributed by atoms with E-state index >= 15 is 0 Å². The number of pyridine rings is 1. The summed E-state index contributed by atoms with van der Waals surface area (Å²) in [7, 11) is 0. The van der Waals surface area contributed by atoms with Crippen LogP contribution in [0.4, 0.5) is 0 Å². The summed E-state index contributed by atoms with van der Waals surface area (Å²) >= 11 is 0. The van der Waals surface area contributed by atoms with Gasteiger partial charge in [0.1, 0.15) is 22.8 Å². The fraction of sp³-hybridized carbons (Fsp3) is 0.143. The molecule has 3 rings (SSSR count). The number of benzene rings is 1. The summed E-state index contributed by atoms with van der Waals surface area (Å²) in [6, 6.07) is 6.40. The van der Waals surface area contributed by atoms with E-state index in [4.69, 9.17) is 0 Å². The van der Waals surface area contributed by atoms with Gasteiger partial charge in [-0.2, -0.15) is 0 Å². The number of aromatic nitrogens is 3. The fourth-order valence-corrected chi connectivity index (χ4v) is 2.22. The molecule has 3 aromatic rings. The first-order chi connectivity index (χ1) is 9.20. The van der Waals surface area contributed by atoms with Crippen LogP contribution in [0.15, 0.2) is 36.7 Å². The van der Waals surface area contributed by atoms with Gasteiger partial charge in [-0.3, -0.25) is 4.98 Å². The van der Waals surface area contributed by atoms with Gasteiger partial charge < -0.3 is 14.8 Å². The summed E-state index contributed by atoms with van der Waals surface area (Å²) in [6.07, 6.45) is 3.42. The Kier molecular flexibility index (Phi) is 2.59. The van der Waals surface area contributed by atoms with Crippen LogP contribution in [-0.2, 0) is 6.54 Å². The van der Waals surface area contributed by atoms with Crippen LogP contribution in [-0.4, -0.2) is 24.7 Å². The third-order valence-electron chi connectivity index (χ3n) is 3.09. The predicted molar refractivity (Wildman–Crippen MR) is 72.0 cm³/mol. The molecule has 5 heteroatoms. The van der Waals surface area contributed by atoms with E-state index < -0.39 is 0 Å². The zero-order chi connectivity index (χ0) is 13.4. The third kappa shape index (κ3) is 1.79. The molecule has 0 spiro atoms. The minimum Gasteiger partial charge on any atom is -0.508 e. The molecule has 0 aliphatic heterocycles. The second kappa shape index (κ2) is 4.28. The summed E-state index contributed by atoms with van der Waals surface area (Å²) in [6.45, 7) is 2.75. The van der Waals surface area contributed by atoms with Crippen molar-refractivity contribution in [2.24, 2.45) is 0 Å². The van der Waals surface area contributed by atoms with Crippen LogP contribution in [0.2, 0.25) is 0 Å². The molecule has 0 atom stereocenters. The maximum absolute atomic E-state index is 9.96. The summed E-state index contributed by atoms with van der Waals surface area (Å²) in [5.74, 6) is 0.711. The lowest BCUT2D eigenvalue weighted by molar-refractivity contribution is 0.451. The Hall–Kier alpha value is -2.56. The summed E-state index contributed by atoms with van der Waals surface area (Å²) in [5, 5.41) is 19.3. The van der Waals surface area contributed by atoms with Crippen LogP contribution in [0, 0.1) is 0 Å². The van der Waals surface area contributed by atoms with Gasteiger partial charge in [0, 0.05) is 18.8 Å². The van der Waals surface area contributed by atoms with Crippen LogP contribution in [0.25, 0.3) is 22.4 Å². The Balaban J connectivity index is 2.30. The summed E-state index contributed by atoms with van der Waals surface area (Å²) < 4.78 is 2.00. The van der Waals surface area contributed by atoms with Gasteiger partial charge in [-0.05, 0) is 25.1 Å². The number of nitrogens with zero attached hydrogens (tertiary/aromatic N) is 3. The zero-order valence-electron chi connectivity index (χ0n) is 10.4. The second-order valence-electron chi connectivity index (χ2n) is 4.25. The third-order valence-corrected chi connectivity index (χ3v) is 3.09. The molecule has 96 valence electrons. The first kappa shape index (κ1) is 11.5. The highest BCUT2D eigenvalue weighted by Crippen LogP contribution is 2.33. The van der Waals surface area contributed by atoms with Gasteiger partial charge in [-0.1, -0.05) is 0 Å². The number of imidazole rings is 1. The molecule has 2 N–H and O–H groups in total. The Morgan fingerprint density at radius 2 is 2.05 bits per heavy atom. The van der Waals surface area contributed by atoms with Crippen molar-refractivity contribution in [1.29, 1.82) is 0 Å². The van der Waals surface area contributed by atoms with Gasteiger partial charge in [0.15, 0.2) is 0 Å². The molecule has 0 bridgehead atoms. The van der Waals surface area contributed by atoms with Gasteiger partial charge in [0.2, 0.25) is 0 Å². The maximum Gasteiger partial charge on any atom is 0.144 e. The van der Waals surface area contributed by atoms with Crippen LogP contribution in [0.3, 0.4) is 0 Å². The fourth-order valence-electron chi connectivity index (χ4n) is 2.22. The Morgan fingerprint density at radius 1 is 1.21 bits per heavy atom. The highest BCUT2D eigenvalue weighted by Gasteiger charge is 2.14. The predicted octanol–water partition coefficient (Wildman–Crippen LogP) is 2.53. The lowest BCUT2D eigenvalue weighted by Gasteiger charge is -2.07. The van der Waals surface area contributed by atoms with Gasteiger partial charge in [-0.15, -0.1) is 0 Å². The minimum atomic E-state index is 0.0120. The first-order valence-electron chi connectivity index (χ1n) is 6.03. The standard InChI is InChI=1S/C14H13N3O2/c1-2-17-12-5-6-15-8-11(12)16-14(17)10-4-3-9(18)7-13(10)19/h3-8,18-19H,2H2,1H3. The number of fused-ring (bicyclic) bond motifs is 1. The van der Waals surface area contributed by atoms with Gasteiger partial charge in [0.05, 0.1) is 17.3 Å². The lowest BCUT2D eigenvalue weighted by Crippen LogP contribution is -1.97. The molecule has 2 heterocycles. The molecule has 0 fully saturated rings. The molecule has 5 nitrogen and oxygen atoms in total. The molecule has 2 aromatic heterocycles. The van der Waals surface area contributed by atoms with Crippen molar-refractivity contribution in [3.63, 3.8) is 0 Å². The Morgan fingerprint density at radius 3 is 2.79 bits per heavy atom. The smallest absolute Gasteiger partial charge is 0.144 e. The molecule has 19 heavy (non-hydrogen) atoms. The van der Waals surface area contributed by atoms with Crippen molar-refractivity contribution in [2.45, 2.75) is 13.5 Å². The minimum absolute atomic E-state index is 0.0120. The van der Waals surface area contributed by atoms with Gasteiger partial charge in [0.25, 0.3) is 0 Å². The van der Waals surface area contributed by atoms with E-state index in [-0.39, 0.29) is 11.5 Å². The molecule has 0 radical (unpaired) electrons. The monoisotopic (exact) mass is 255 g/mol. The SMILES string of the molecule is CCn1c(-c2ccc(O)cc2O)nc2cnccc21. The molecule has 1 aromatic carbocycles. The van der Waals surface area contributed by atoms with E-state index in [1.807, 2.05) is 17.6 Å². The van der Waals surface area contributed by atoms with Gasteiger partial charge in [-0.25, -0.2) is 4.98 Å². The molecule has 0 aliphatic carbocycles. The second-order valence-corrected chi connectivity index (χ2v) is 4.25. The first-order valence-corrected chi connectivity index (χ1v) is 6.03. The van der Waals surface area contributed by atoms with E-state index in [2.05, 4.69) is 9.97 Å². The maximum atomic E-state index is 9.96. The van der Waals surface area contributed by atoms with E-state index in [1.54, 1.807) is 18.5 Å². The lowest BCUT2D eigenvalue weighted by atomic mass is 10.2. The van der Waals surface area contributed by atoms with E-state index in [0.29, 0.717) is 11.4 Å². The highest BCUT2D eigenvalue weighted by atomic mass is 16.3. The van der Waals surface area contributed by atoms with Crippen molar-refractivity contribution in [2.75, 3.05) is 0 Å². The largest absolute Gasteiger partial charge is 0.508 e. The van der Waals surface area contributed by atoms with E-state index in [1.165, 1.54) is 12.1 Å².